The van der Waals surface area contributed by atoms with Gasteiger partial charge < -0.3 is 14.8 Å². The minimum absolute atomic E-state index is 0. The van der Waals surface area contributed by atoms with E-state index >= 15 is 0 Å². The Morgan fingerprint density at radius 3 is 2.63 bits per heavy atom. The summed E-state index contributed by atoms with van der Waals surface area (Å²) in [4.78, 5) is 1.29. The lowest BCUT2D eigenvalue weighted by Gasteiger charge is -2.13. The van der Waals surface area contributed by atoms with Crippen molar-refractivity contribution in [1.29, 1.82) is 0 Å². The van der Waals surface area contributed by atoms with Crippen molar-refractivity contribution in [2.24, 2.45) is 0 Å². The summed E-state index contributed by atoms with van der Waals surface area (Å²) in [5.41, 5.74) is 1.41. The predicted octanol–water partition coefficient (Wildman–Crippen LogP) is 5.84. The summed E-state index contributed by atoms with van der Waals surface area (Å²) in [6.45, 7) is 1.58. The molecule has 0 aliphatic heterocycles. The van der Waals surface area contributed by atoms with E-state index in [4.69, 9.17) is 21.1 Å². The Morgan fingerprint density at radius 2 is 1.93 bits per heavy atom. The molecular weight excluding hydrogens is 408 g/mol. The summed E-state index contributed by atoms with van der Waals surface area (Å²) in [7, 11) is 1.58. The largest absolute Gasteiger partial charge is 0.493 e. The molecule has 0 unspecified atom stereocenters. The molecule has 0 saturated carbocycles. The molecule has 0 fully saturated rings. The highest BCUT2D eigenvalue weighted by molar-refractivity contribution is 7.09. The Bertz CT molecular complexity index is 839. The fourth-order valence-corrected chi connectivity index (χ4v) is 3.40. The Morgan fingerprint density at radius 1 is 1.07 bits per heavy atom. The second-order valence-electron chi connectivity index (χ2n) is 5.66. The van der Waals surface area contributed by atoms with Crippen LogP contribution in [0.15, 0.2) is 53.9 Å². The molecular formula is C20H20Cl2FNO2S. The normalized spacial score (nSPS) is 10.3. The number of rotatable bonds is 8. The van der Waals surface area contributed by atoms with Crippen LogP contribution < -0.4 is 14.8 Å². The van der Waals surface area contributed by atoms with Gasteiger partial charge in [-0.15, -0.1) is 23.7 Å². The fraction of sp³-hybridized carbons (Fsp3) is 0.200. The maximum atomic E-state index is 13.9. The van der Waals surface area contributed by atoms with Gasteiger partial charge in [-0.1, -0.05) is 29.8 Å². The van der Waals surface area contributed by atoms with Gasteiger partial charge in [0, 0.05) is 23.5 Å². The van der Waals surface area contributed by atoms with E-state index in [1.165, 1.54) is 10.9 Å². The fourth-order valence-electron chi connectivity index (χ4n) is 2.50. The molecule has 3 rings (SSSR count). The first kappa shape index (κ1) is 21.5. The van der Waals surface area contributed by atoms with Crippen molar-refractivity contribution in [3.63, 3.8) is 0 Å². The average molecular weight is 428 g/mol. The van der Waals surface area contributed by atoms with Crippen LogP contribution in [0, 0.1) is 5.82 Å². The number of nitrogens with one attached hydrogen (secondary N) is 1. The molecule has 7 heteroatoms. The zero-order valence-electron chi connectivity index (χ0n) is 14.7. The van der Waals surface area contributed by atoms with E-state index in [-0.39, 0.29) is 24.8 Å². The van der Waals surface area contributed by atoms with Crippen molar-refractivity contribution >= 4 is 35.3 Å². The lowest BCUT2D eigenvalue weighted by molar-refractivity contribution is 0.279. The Labute approximate surface area is 173 Å². The zero-order chi connectivity index (χ0) is 18.4. The highest BCUT2D eigenvalue weighted by Gasteiger charge is 2.11. The highest BCUT2D eigenvalue weighted by Crippen LogP contribution is 2.30. The first-order valence-corrected chi connectivity index (χ1v) is 9.39. The predicted molar refractivity (Wildman–Crippen MR) is 111 cm³/mol. The SMILES string of the molecule is COc1cc(CNCc2cccs2)ccc1OCc1c(F)cccc1Cl.Cl. The minimum atomic E-state index is -0.383. The number of halogens is 3. The molecule has 1 heterocycles. The standard InChI is InChI=1S/C20H19ClFNO2S.ClH/c1-24-20-10-14(11-23-12-15-4-3-9-26-15)7-8-19(20)25-13-16-17(21)5-2-6-18(16)22;/h2-10,23H,11-13H2,1H3;1H. The number of hydrogen-bond acceptors (Lipinski definition) is 4. The molecule has 0 amide bonds. The molecule has 2 aromatic carbocycles. The topological polar surface area (TPSA) is 30.5 Å². The molecule has 3 aromatic rings. The monoisotopic (exact) mass is 427 g/mol. The van der Waals surface area contributed by atoms with Gasteiger partial charge in [0.1, 0.15) is 12.4 Å². The summed E-state index contributed by atoms with van der Waals surface area (Å²) in [5, 5.41) is 5.80. The van der Waals surface area contributed by atoms with Crippen molar-refractivity contribution in [2.45, 2.75) is 19.7 Å². The van der Waals surface area contributed by atoms with Gasteiger partial charge in [0.05, 0.1) is 12.1 Å². The Hall–Kier alpha value is -1.79. The number of ether oxygens (including phenoxy) is 2. The van der Waals surface area contributed by atoms with Crippen LogP contribution >= 0.6 is 35.3 Å². The van der Waals surface area contributed by atoms with Gasteiger partial charge >= 0.3 is 0 Å². The van der Waals surface area contributed by atoms with Gasteiger partial charge in [-0.05, 0) is 41.3 Å². The van der Waals surface area contributed by atoms with Crippen LogP contribution in [0.2, 0.25) is 5.02 Å². The summed E-state index contributed by atoms with van der Waals surface area (Å²) in [5.74, 6) is 0.771. The molecule has 0 bridgehead atoms. The zero-order valence-corrected chi connectivity index (χ0v) is 17.1. The van der Waals surface area contributed by atoms with E-state index in [1.54, 1.807) is 30.6 Å². The lowest BCUT2D eigenvalue weighted by atomic mass is 10.2. The van der Waals surface area contributed by atoms with Gasteiger partial charge in [0.25, 0.3) is 0 Å². The van der Waals surface area contributed by atoms with Gasteiger partial charge in [-0.3, -0.25) is 0 Å². The van der Waals surface area contributed by atoms with Crippen LogP contribution in [0.25, 0.3) is 0 Å². The van der Waals surface area contributed by atoms with E-state index in [1.807, 2.05) is 24.3 Å². The van der Waals surface area contributed by atoms with Crippen LogP contribution in [-0.4, -0.2) is 7.11 Å². The molecule has 0 saturated heterocycles. The van der Waals surface area contributed by atoms with E-state index in [2.05, 4.69) is 16.8 Å². The summed E-state index contributed by atoms with van der Waals surface area (Å²) in [6.07, 6.45) is 0. The number of benzene rings is 2. The molecule has 0 atom stereocenters. The summed E-state index contributed by atoms with van der Waals surface area (Å²) >= 11 is 7.76. The maximum absolute atomic E-state index is 13.9. The van der Waals surface area contributed by atoms with Crippen LogP contribution in [0.4, 0.5) is 4.39 Å². The van der Waals surface area contributed by atoms with Gasteiger partial charge in [0.2, 0.25) is 0 Å². The molecule has 1 N–H and O–H groups in total. The smallest absolute Gasteiger partial charge is 0.161 e. The third-order valence-corrected chi connectivity index (χ3v) is 5.10. The quantitative estimate of drug-likeness (QED) is 0.489. The van der Waals surface area contributed by atoms with Gasteiger partial charge in [0.15, 0.2) is 11.5 Å². The Kier molecular flexibility index (Phi) is 8.38. The van der Waals surface area contributed by atoms with Crippen LogP contribution in [-0.2, 0) is 19.7 Å². The third kappa shape index (κ3) is 5.84. The van der Waals surface area contributed by atoms with Crippen LogP contribution in [0.5, 0.6) is 11.5 Å². The van der Waals surface area contributed by atoms with Crippen molar-refractivity contribution in [3.8, 4) is 11.5 Å². The first-order chi connectivity index (χ1) is 12.7. The molecule has 27 heavy (non-hydrogen) atoms. The summed E-state index contributed by atoms with van der Waals surface area (Å²) in [6, 6.07) is 14.4. The van der Waals surface area contributed by atoms with Crippen molar-refractivity contribution < 1.29 is 13.9 Å². The molecule has 0 aliphatic rings. The van der Waals surface area contributed by atoms with Gasteiger partial charge in [-0.2, -0.15) is 0 Å². The third-order valence-electron chi connectivity index (χ3n) is 3.87. The highest BCUT2D eigenvalue weighted by atomic mass is 35.5. The molecule has 3 nitrogen and oxygen atoms in total. The number of methoxy groups -OCH3 is 1. The van der Waals surface area contributed by atoms with E-state index in [0.717, 1.165) is 12.1 Å². The average Bonchev–Trinajstić information content (AvgIpc) is 3.15. The molecule has 0 radical (unpaired) electrons. The van der Waals surface area contributed by atoms with Crippen LogP contribution in [0.3, 0.4) is 0 Å². The second-order valence-corrected chi connectivity index (χ2v) is 7.10. The van der Waals surface area contributed by atoms with Gasteiger partial charge in [-0.25, -0.2) is 4.39 Å². The van der Waals surface area contributed by atoms with E-state index < -0.39 is 0 Å². The maximum Gasteiger partial charge on any atom is 0.161 e. The van der Waals surface area contributed by atoms with Crippen molar-refractivity contribution in [3.05, 3.63) is 80.8 Å². The second kappa shape index (κ2) is 10.5. The minimum Gasteiger partial charge on any atom is -0.493 e. The van der Waals surface area contributed by atoms with E-state index in [9.17, 15) is 4.39 Å². The van der Waals surface area contributed by atoms with Crippen LogP contribution in [0.1, 0.15) is 16.0 Å². The van der Waals surface area contributed by atoms with Crippen molar-refractivity contribution in [2.75, 3.05) is 7.11 Å². The molecule has 144 valence electrons. The lowest BCUT2D eigenvalue weighted by Crippen LogP contribution is -2.11. The Balaban J connectivity index is 0.00000261. The van der Waals surface area contributed by atoms with Crippen molar-refractivity contribution in [1.82, 2.24) is 5.32 Å². The van der Waals surface area contributed by atoms with E-state index in [0.29, 0.717) is 28.6 Å². The molecule has 0 spiro atoms. The number of hydrogen-bond donors (Lipinski definition) is 1. The molecule has 1 aromatic heterocycles. The number of thiophene rings is 1. The summed E-state index contributed by atoms with van der Waals surface area (Å²) < 4.78 is 25.0. The first-order valence-electron chi connectivity index (χ1n) is 8.13. The molecule has 0 aliphatic carbocycles.